The fourth-order valence-corrected chi connectivity index (χ4v) is 3.41. The van der Waals surface area contributed by atoms with Crippen LogP contribution in [0.2, 0.25) is 5.02 Å². The lowest BCUT2D eigenvalue weighted by molar-refractivity contribution is -0.128. The first-order valence-electron chi connectivity index (χ1n) is 8.54. The van der Waals surface area contributed by atoms with Gasteiger partial charge in [-0.2, -0.15) is 0 Å². The molecule has 2 aromatic carbocycles. The first-order valence-corrected chi connectivity index (χ1v) is 9.71. The van der Waals surface area contributed by atoms with Crippen molar-refractivity contribution in [2.75, 3.05) is 18.5 Å². The number of halogens is 3. The number of nitrogens with one attached hydrogen (secondary N) is 1. The molecular weight excluding hydrogens is 451 g/mol. The summed E-state index contributed by atoms with van der Waals surface area (Å²) in [5.74, 6) is 0.200. The third-order valence-corrected chi connectivity index (χ3v) is 4.96. The fraction of sp³-hybridized carbons (Fsp3) is 0.200. The van der Waals surface area contributed by atoms with Gasteiger partial charge in [-0.15, -0.1) is 0 Å². The molecule has 0 spiro atoms. The second kappa shape index (κ2) is 9.21. The van der Waals surface area contributed by atoms with Crippen molar-refractivity contribution in [2.24, 2.45) is 0 Å². The van der Waals surface area contributed by atoms with Gasteiger partial charge in [-0.25, -0.2) is 4.39 Å². The Bertz CT molecular complexity index is 1020. The normalized spacial score (nSPS) is 10.7. The number of rotatable bonds is 8. The average molecular weight is 468 g/mol. The molecule has 28 heavy (non-hydrogen) atoms. The number of benzene rings is 2. The summed E-state index contributed by atoms with van der Waals surface area (Å²) >= 11 is 9.44. The van der Waals surface area contributed by atoms with Gasteiger partial charge in [0.15, 0.2) is 0 Å². The van der Waals surface area contributed by atoms with Gasteiger partial charge in [-0.1, -0.05) is 11.6 Å². The van der Waals surface area contributed by atoms with Crippen molar-refractivity contribution < 1.29 is 18.7 Å². The van der Waals surface area contributed by atoms with E-state index in [1.165, 1.54) is 12.1 Å². The van der Waals surface area contributed by atoms with Gasteiger partial charge in [0.25, 0.3) is 6.47 Å². The summed E-state index contributed by atoms with van der Waals surface area (Å²) in [6.45, 7) is 3.07. The van der Waals surface area contributed by atoms with Crippen LogP contribution in [0, 0.1) is 5.82 Å². The van der Waals surface area contributed by atoms with E-state index >= 15 is 0 Å². The molecule has 0 aliphatic carbocycles. The van der Waals surface area contributed by atoms with E-state index in [2.05, 4.69) is 26.2 Å². The SMILES string of the molecule is CCOc1cc2ncc(CCOC=O)c(Nc3ccc(F)c(Cl)c3)c2cc1Br. The largest absolute Gasteiger partial charge is 0.493 e. The maximum Gasteiger partial charge on any atom is 0.293 e. The topological polar surface area (TPSA) is 60.5 Å². The minimum Gasteiger partial charge on any atom is -0.493 e. The minimum absolute atomic E-state index is 0.0222. The number of ether oxygens (including phenoxy) is 2. The highest BCUT2D eigenvalue weighted by atomic mass is 79.9. The van der Waals surface area contributed by atoms with Crippen LogP contribution in [0.1, 0.15) is 12.5 Å². The zero-order valence-corrected chi connectivity index (χ0v) is 17.3. The van der Waals surface area contributed by atoms with Crippen molar-refractivity contribution in [3.05, 3.63) is 57.4 Å². The molecule has 3 aromatic rings. The van der Waals surface area contributed by atoms with Gasteiger partial charge in [-0.05, 0) is 52.7 Å². The Balaban J connectivity index is 2.10. The molecule has 0 amide bonds. The number of hydrogen-bond donors (Lipinski definition) is 1. The highest BCUT2D eigenvalue weighted by Gasteiger charge is 2.14. The lowest BCUT2D eigenvalue weighted by Crippen LogP contribution is -2.04. The van der Waals surface area contributed by atoms with Gasteiger partial charge in [-0.3, -0.25) is 9.78 Å². The number of aromatic nitrogens is 1. The van der Waals surface area contributed by atoms with Gasteiger partial charge in [0, 0.05) is 29.8 Å². The van der Waals surface area contributed by atoms with E-state index in [4.69, 9.17) is 21.1 Å². The van der Waals surface area contributed by atoms with Crippen molar-refractivity contribution in [1.29, 1.82) is 0 Å². The third kappa shape index (κ3) is 4.54. The number of fused-ring (bicyclic) bond motifs is 1. The van der Waals surface area contributed by atoms with Crippen LogP contribution in [0.3, 0.4) is 0 Å². The number of hydrogen-bond acceptors (Lipinski definition) is 5. The molecule has 0 aliphatic rings. The van der Waals surface area contributed by atoms with Crippen molar-refractivity contribution in [3.63, 3.8) is 0 Å². The summed E-state index contributed by atoms with van der Waals surface area (Å²) in [5.41, 5.74) is 2.96. The molecule has 1 aromatic heterocycles. The molecule has 0 saturated heterocycles. The zero-order chi connectivity index (χ0) is 20.1. The third-order valence-electron chi connectivity index (χ3n) is 4.05. The van der Waals surface area contributed by atoms with Gasteiger partial charge < -0.3 is 14.8 Å². The van der Waals surface area contributed by atoms with E-state index in [0.717, 1.165) is 26.6 Å². The number of carbonyl (C=O) groups excluding carboxylic acids is 1. The Morgan fingerprint density at radius 1 is 1.32 bits per heavy atom. The van der Waals surface area contributed by atoms with Crippen LogP contribution in [-0.4, -0.2) is 24.7 Å². The van der Waals surface area contributed by atoms with Crippen LogP contribution in [0.5, 0.6) is 5.75 Å². The van der Waals surface area contributed by atoms with E-state index in [0.29, 0.717) is 30.9 Å². The van der Waals surface area contributed by atoms with Crippen molar-refractivity contribution >= 4 is 56.3 Å². The molecule has 5 nitrogen and oxygen atoms in total. The summed E-state index contributed by atoms with van der Waals surface area (Å²) in [7, 11) is 0. The van der Waals surface area contributed by atoms with Gasteiger partial charge >= 0.3 is 0 Å². The Morgan fingerprint density at radius 2 is 2.14 bits per heavy atom. The molecule has 3 rings (SSSR count). The van der Waals surface area contributed by atoms with Crippen LogP contribution in [-0.2, 0) is 16.0 Å². The van der Waals surface area contributed by atoms with Crippen LogP contribution >= 0.6 is 27.5 Å². The predicted octanol–water partition coefficient (Wildman–Crippen LogP) is 5.65. The second-order valence-electron chi connectivity index (χ2n) is 5.86. The molecule has 146 valence electrons. The van der Waals surface area contributed by atoms with Gasteiger partial charge in [0.05, 0.1) is 33.9 Å². The molecule has 0 fully saturated rings. The molecule has 0 aliphatic heterocycles. The molecule has 8 heteroatoms. The standard InChI is InChI=1S/C20H17BrClFN2O3/c1-2-28-19-9-18-14(8-15(19)21)20(12(10-24-18)5-6-27-11-26)25-13-3-4-17(23)16(22)7-13/h3-4,7-11H,2,5-6H2,1H3,(H,24,25). The Labute approximate surface area is 174 Å². The lowest BCUT2D eigenvalue weighted by atomic mass is 10.1. The number of carbonyl (C=O) groups is 1. The summed E-state index contributed by atoms with van der Waals surface area (Å²) in [4.78, 5) is 15.0. The maximum atomic E-state index is 13.5. The minimum atomic E-state index is -0.490. The van der Waals surface area contributed by atoms with Gasteiger partial charge in [0.2, 0.25) is 0 Å². The fourth-order valence-electron chi connectivity index (χ4n) is 2.77. The summed E-state index contributed by atoms with van der Waals surface area (Å²) in [5, 5.41) is 4.15. The molecule has 0 bridgehead atoms. The van der Waals surface area contributed by atoms with E-state index in [-0.39, 0.29) is 11.6 Å². The number of nitrogens with zero attached hydrogens (tertiary/aromatic N) is 1. The molecular formula is C20H17BrClFN2O3. The molecule has 0 unspecified atom stereocenters. The quantitative estimate of drug-likeness (QED) is 0.343. The van der Waals surface area contributed by atoms with Crippen molar-refractivity contribution in [3.8, 4) is 5.75 Å². The molecule has 0 atom stereocenters. The molecule has 0 radical (unpaired) electrons. The van der Waals surface area contributed by atoms with E-state index < -0.39 is 5.82 Å². The van der Waals surface area contributed by atoms with Gasteiger partial charge in [0.1, 0.15) is 11.6 Å². The first-order chi connectivity index (χ1) is 13.5. The highest BCUT2D eigenvalue weighted by Crippen LogP contribution is 2.36. The average Bonchev–Trinajstić information content (AvgIpc) is 2.67. The van der Waals surface area contributed by atoms with Crippen molar-refractivity contribution in [2.45, 2.75) is 13.3 Å². The predicted molar refractivity (Wildman–Crippen MR) is 111 cm³/mol. The van der Waals surface area contributed by atoms with Crippen LogP contribution in [0.25, 0.3) is 10.9 Å². The zero-order valence-electron chi connectivity index (χ0n) is 15.0. The Kier molecular flexibility index (Phi) is 6.70. The summed E-state index contributed by atoms with van der Waals surface area (Å²) in [6, 6.07) is 8.16. The van der Waals surface area contributed by atoms with Crippen molar-refractivity contribution in [1.82, 2.24) is 4.98 Å². The van der Waals surface area contributed by atoms with Crippen LogP contribution in [0.4, 0.5) is 15.8 Å². The molecule has 1 heterocycles. The Morgan fingerprint density at radius 3 is 2.86 bits per heavy atom. The Hall–Kier alpha value is -2.38. The first kappa shape index (κ1) is 20.4. The number of pyridine rings is 1. The lowest BCUT2D eigenvalue weighted by Gasteiger charge is -2.16. The monoisotopic (exact) mass is 466 g/mol. The van der Waals surface area contributed by atoms with E-state index in [9.17, 15) is 9.18 Å². The molecule has 1 N–H and O–H groups in total. The summed E-state index contributed by atoms with van der Waals surface area (Å²) in [6.07, 6.45) is 2.18. The smallest absolute Gasteiger partial charge is 0.293 e. The summed E-state index contributed by atoms with van der Waals surface area (Å²) < 4.78 is 24.7. The van der Waals surface area contributed by atoms with Crippen LogP contribution < -0.4 is 10.1 Å². The van der Waals surface area contributed by atoms with Crippen LogP contribution in [0.15, 0.2) is 41.0 Å². The second-order valence-corrected chi connectivity index (χ2v) is 7.12. The van der Waals surface area contributed by atoms with E-state index in [1.54, 1.807) is 12.3 Å². The maximum absolute atomic E-state index is 13.5. The number of anilines is 2. The highest BCUT2D eigenvalue weighted by molar-refractivity contribution is 9.10. The molecule has 0 saturated carbocycles. The van der Waals surface area contributed by atoms with E-state index in [1.807, 2.05) is 19.1 Å².